The standard InChI is InChI=1S/C11H20N2O3/c1-3-5-13-7-6-12(4-2)11(16)9(13)8-10(14)15/h9H,3-8H2,1-2H3,(H,14,15). The molecule has 0 aromatic rings. The highest BCUT2D eigenvalue weighted by molar-refractivity contribution is 5.86. The number of carboxylic acids is 1. The van der Waals surface area contributed by atoms with Crippen LogP contribution in [0.3, 0.4) is 0 Å². The van der Waals surface area contributed by atoms with Gasteiger partial charge in [-0.1, -0.05) is 6.92 Å². The summed E-state index contributed by atoms with van der Waals surface area (Å²) in [4.78, 5) is 26.5. The molecule has 1 heterocycles. The molecule has 1 rings (SSSR count). The Balaban J connectivity index is 2.73. The SMILES string of the molecule is CCCN1CCN(CC)C(=O)C1CC(=O)O. The van der Waals surface area contributed by atoms with Crippen LogP contribution in [-0.2, 0) is 9.59 Å². The molecule has 1 fully saturated rings. The minimum atomic E-state index is -0.905. The van der Waals surface area contributed by atoms with Crippen molar-refractivity contribution in [3.05, 3.63) is 0 Å². The highest BCUT2D eigenvalue weighted by Crippen LogP contribution is 2.14. The Bertz CT molecular complexity index is 268. The van der Waals surface area contributed by atoms with Crippen molar-refractivity contribution in [3.8, 4) is 0 Å². The Labute approximate surface area is 96.0 Å². The van der Waals surface area contributed by atoms with Gasteiger partial charge in [0.1, 0.15) is 0 Å². The van der Waals surface area contributed by atoms with Gasteiger partial charge in [-0.25, -0.2) is 0 Å². The molecule has 1 atom stereocenters. The summed E-state index contributed by atoms with van der Waals surface area (Å²) in [6.45, 7) is 6.91. The van der Waals surface area contributed by atoms with Crippen LogP contribution in [0.2, 0.25) is 0 Å². The van der Waals surface area contributed by atoms with Gasteiger partial charge in [0.25, 0.3) is 0 Å². The number of hydrogen-bond acceptors (Lipinski definition) is 3. The fourth-order valence-corrected chi connectivity index (χ4v) is 2.13. The zero-order valence-electron chi connectivity index (χ0n) is 9.98. The predicted octanol–water partition coefficient (Wildman–Crippen LogP) is 0.404. The summed E-state index contributed by atoms with van der Waals surface area (Å²) in [7, 11) is 0. The molecule has 0 bridgehead atoms. The fourth-order valence-electron chi connectivity index (χ4n) is 2.13. The van der Waals surface area contributed by atoms with Gasteiger partial charge in [-0.15, -0.1) is 0 Å². The van der Waals surface area contributed by atoms with Crippen LogP contribution in [0.15, 0.2) is 0 Å². The molecule has 0 spiro atoms. The molecule has 5 heteroatoms. The molecule has 16 heavy (non-hydrogen) atoms. The van der Waals surface area contributed by atoms with Crippen molar-refractivity contribution in [2.75, 3.05) is 26.2 Å². The second-order valence-electron chi connectivity index (χ2n) is 4.07. The summed E-state index contributed by atoms with van der Waals surface area (Å²) < 4.78 is 0. The first kappa shape index (κ1) is 13.0. The van der Waals surface area contributed by atoms with Gasteiger partial charge in [0.05, 0.1) is 12.5 Å². The van der Waals surface area contributed by atoms with E-state index in [4.69, 9.17) is 5.11 Å². The van der Waals surface area contributed by atoms with Crippen LogP contribution in [0, 0.1) is 0 Å². The third kappa shape index (κ3) is 2.95. The lowest BCUT2D eigenvalue weighted by atomic mass is 10.1. The van der Waals surface area contributed by atoms with Crippen LogP contribution in [0.4, 0.5) is 0 Å². The van der Waals surface area contributed by atoms with Gasteiger partial charge < -0.3 is 10.0 Å². The van der Waals surface area contributed by atoms with Crippen LogP contribution in [0.1, 0.15) is 26.7 Å². The summed E-state index contributed by atoms with van der Waals surface area (Å²) in [5.74, 6) is -0.943. The number of piperazine rings is 1. The number of aliphatic carboxylic acids is 1. The van der Waals surface area contributed by atoms with Crippen molar-refractivity contribution < 1.29 is 14.7 Å². The maximum atomic E-state index is 12.0. The van der Waals surface area contributed by atoms with Crippen molar-refractivity contribution >= 4 is 11.9 Å². The molecule has 0 aromatic heterocycles. The highest BCUT2D eigenvalue weighted by atomic mass is 16.4. The average molecular weight is 228 g/mol. The van der Waals surface area contributed by atoms with E-state index in [-0.39, 0.29) is 12.3 Å². The van der Waals surface area contributed by atoms with Crippen LogP contribution in [0.25, 0.3) is 0 Å². The number of hydrogen-bond donors (Lipinski definition) is 1. The molecule has 0 radical (unpaired) electrons. The first-order valence-corrected chi connectivity index (χ1v) is 5.84. The van der Waals surface area contributed by atoms with Gasteiger partial charge >= 0.3 is 5.97 Å². The number of carbonyl (C=O) groups is 2. The maximum Gasteiger partial charge on any atom is 0.305 e. The van der Waals surface area contributed by atoms with E-state index >= 15 is 0 Å². The molecule has 1 amide bonds. The topological polar surface area (TPSA) is 60.9 Å². The predicted molar refractivity (Wildman–Crippen MR) is 60.2 cm³/mol. The number of nitrogens with zero attached hydrogens (tertiary/aromatic N) is 2. The first-order valence-electron chi connectivity index (χ1n) is 5.84. The molecule has 5 nitrogen and oxygen atoms in total. The molecule has 0 saturated carbocycles. The Hall–Kier alpha value is -1.10. The van der Waals surface area contributed by atoms with E-state index in [9.17, 15) is 9.59 Å². The number of carbonyl (C=O) groups excluding carboxylic acids is 1. The normalized spacial score (nSPS) is 22.5. The molecule has 1 saturated heterocycles. The summed E-state index contributed by atoms with van der Waals surface area (Å²) in [5, 5.41) is 8.83. The van der Waals surface area contributed by atoms with E-state index in [2.05, 4.69) is 0 Å². The molecule has 1 N–H and O–H groups in total. The third-order valence-corrected chi connectivity index (χ3v) is 2.96. The van der Waals surface area contributed by atoms with E-state index < -0.39 is 12.0 Å². The van der Waals surface area contributed by atoms with Gasteiger partial charge in [-0.05, 0) is 19.9 Å². The Morgan fingerprint density at radius 3 is 2.62 bits per heavy atom. The summed E-state index contributed by atoms with van der Waals surface area (Å²) >= 11 is 0. The second-order valence-corrected chi connectivity index (χ2v) is 4.07. The van der Waals surface area contributed by atoms with Crippen LogP contribution in [-0.4, -0.2) is 59.0 Å². The lowest BCUT2D eigenvalue weighted by Crippen LogP contribution is -2.57. The summed E-state index contributed by atoms with van der Waals surface area (Å²) in [6, 6.07) is -0.467. The van der Waals surface area contributed by atoms with Crippen molar-refractivity contribution in [1.82, 2.24) is 9.80 Å². The zero-order chi connectivity index (χ0) is 12.1. The third-order valence-electron chi connectivity index (χ3n) is 2.96. The second kappa shape index (κ2) is 5.84. The van der Waals surface area contributed by atoms with Crippen molar-refractivity contribution in [1.29, 1.82) is 0 Å². The summed E-state index contributed by atoms with van der Waals surface area (Å²) in [6.07, 6.45) is 0.852. The molecular weight excluding hydrogens is 208 g/mol. The van der Waals surface area contributed by atoms with Gasteiger partial charge in [0.15, 0.2) is 0 Å². The lowest BCUT2D eigenvalue weighted by Gasteiger charge is -2.39. The molecule has 1 aliphatic heterocycles. The van der Waals surface area contributed by atoms with Crippen LogP contribution >= 0.6 is 0 Å². The quantitative estimate of drug-likeness (QED) is 0.740. The minimum Gasteiger partial charge on any atom is -0.481 e. The highest BCUT2D eigenvalue weighted by Gasteiger charge is 2.34. The molecule has 92 valence electrons. The van der Waals surface area contributed by atoms with E-state index in [1.165, 1.54) is 0 Å². The van der Waals surface area contributed by atoms with Crippen molar-refractivity contribution in [2.24, 2.45) is 0 Å². The monoisotopic (exact) mass is 228 g/mol. The minimum absolute atomic E-state index is 0.0374. The van der Waals surface area contributed by atoms with Crippen molar-refractivity contribution in [3.63, 3.8) is 0 Å². The average Bonchev–Trinajstić information content (AvgIpc) is 2.23. The molecular formula is C11H20N2O3. The fraction of sp³-hybridized carbons (Fsp3) is 0.818. The number of rotatable bonds is 5. The number of carboxylic acid groups (broad SMARTS) is 1. The first-order chi connectivity index (χ1) is 7.60. The number of amides is 1. The molecule has 0 aliphatic carbocycles. The molecule has 0 aromatic carbocycles. The van der Waals surface area contributed by atoms with Gasteiger partial charge in [-0.3, -0.25) is 14.5 Å². The molecule has 1 unspecified atom stereocenters. The Morgan fingerprint density at radius 1 is 1.44 bits per heavy atom. The molecule has 1 aliphatic rings. The van der Waals surface area contributed by atoms with Crippen LogP contribution in [0.5, 0.6) is 0 Å². The maximum absolute atomic E-state index is 12.0. The number of likely N-dealkylation sites (N-methyl/N-ethyl adjacent to an activating group) is 1. The van der Waals surface area contributed by atoms with Gasteiger partial charge in [-0.2, -0.15) is 0 Å². The summed E-state index contributed by atoms with van der Waals surface area (Å²) in [5.41, 5.74) is 0. The van der Waals surface area contributed by atoms with E-state index in [0.717, 1.165) is 19.5 Å². The van der Waals surface area contributed by atoms with Gasteiger partial charge in [0, 0.05) is 19.6 Å². The Kier molecular flexibility index (Phi) is 4.73. The van der Waals surface area contributed by atoms with E-state index in [1.54, 1.807) is 4.90 Å². The van der Waals surface area contributed by atoms with E-state index in [1.807, 2.05) is 18.7 Å². The van der Waals surface area contributed by atoms with E-state index in [0.29, 0.717) is 13.1 Å². The lowest BCUT2D eigenvalue weighted by molar-refractivity contribution is -0.149. The Morgan fingerprint density at radius 2 is 2.12 bits per heavy atom. The van der Waals surface area contributed by atoms with Crippen LogP contribution < -0.4 is 0 Å². The van der Waals surface area contributed by atoms with Gasteiger partial charge in [0.2, 0.25) is 5.91 Å². The van der Waals surface area contributed by atoms with Crippen molar-refractivity contribution in [2.45, 2.75) is 32.7 Å². The largest absolute Gasteiger partial charge is 0.481 e. The smallest absolute Gasteiger partial charge is 0.305 e. The zero-order valence-corrected chi connectivity index (χ0v) is 9.98.